The minimum absolute atomic E-state index is 0. The van der Waals surface area contributed by atoms with Gasteiger partial charge in [0.2, 0.25) is 0 Å². The first-order valence-corrected chi connectivity index (χ1v) is 22.8. The third-order valence-corrected chi connectivity index (χ3v) is 13.3. The number of rotatable bonds is 6. The molecule has 3 aromatic heterocycles. The van der Waals surface area contributed by atoms with Crippen LogP contribution in [0.25, 0.3) is 82.5 Å². The quantitative estimate of drug-likeness (QED) is 0.123. The number of pyridine rings is 1. The second-order valence-electron chi connectivity index (χ2n) is 18.5. The van der Waals surface area contributed by atoms with E-state index in [0.29, 0.717) is 11.5 Å². The van der Waals surface area contributed by atoms with E-state index in [0.717, 1.165) is 116 Å². The molecule has 0 saturated carbocycles. The molecule has 12 aromatic rings. The van der Waals surface area contributed by atoms with Crippen molar-refractivity contribution in [3.8, 4) is 33.8 Å². The first-order valence-electron chi connectivity index (χ1n) is 22.8. The van der Waals surface area contributed by atoms with Crippen LogP contribution in [-0.4, -0.2) is 9.38 Å². The Labute approximate surface area is 408 Å². The van der Waals surface area contributed by atoms with Crippen LogP contribution < -0.4 is 14.5 Å². The Morgan fingerprint density at radius 1 is 0.574 bits per heavy atom. The zero-order valence-electron chi connectivity index (χ0n) is 37.8. The van der Waals surface area contributed by atoms with Crippen LogP contribution in [0.2, 0.25) is 0 Å². The Kier molecular flexibility index (Phi) is 9.82. The molecule has 0 radical (unpaired) electrons. The molecule has 0 aliphatic carbocycles. The molecule has 0 bridgehead atoms. The number of furan rings is 1. The molecule has 1 aliphatic rings. The van der Waals surface area contributed by atoms with Gasteiger partial charge in [-0.25, -0.2) is 0 Å². The van der Waals surface area contributed by atoms with Crippen LogP contribution in [0.1, 0.15) is 31.9 Å². The fourth-order valence-corrected chi connectivity index (χ4v) is 10.1. The summed E-state index contributed by atoms with van der Waals surface area (Å²) in [4.78, 5) is 9.84. The number of imidazole rings is 1. The number of fused-ring (bicyclic) bond motifs is 12. The summed E-state index contributed by atoms with van der Waals surface area (Å²) in [6.07, 6.45) is 0. The molecule has 0 spiro atoms. The molecule has 1 aliphatic heterocycles. The van der Waals surface area contributed by atoms with Crippen LogP contribution >= 0.6 is 0 Å². The summed E-state index contributed by atoms with van der Waals surface area (Å²) in [5, 5.41) is 5.18. The monoisotopic (exact) mass is 1060 g/mol. The second kappa shape index (κ2) is 16.0. The number of aryl methyl sites for hydroxylation is 1. The van der Waals surface area contributed by atoms with Crippen molar-refractivity contribution >= 4 is 83.0 Å². The van der Waals surface area contributed by atoms with E-state index in [9.17, 15) is 0 Å². The predicted octanol–water partition coefficient (Wildman–Crippen LogP) is 16.4. The maximum atomic E-state index is 6.98. The maximum Gasteiger partial charge on any atom is 0.135 e. The molecule has 332 valence electrons. The van der Waals surface area contributed by atoms with Crippen molar-refractivity contribution in [3.05, 3.63) is 212 Å². The summed E-state index contributed by atoms with van der Waals surface area (Å²) in [5.41, 5.74) is 16.2. The Morgan fingerprint density at radius 2 is 1.22 bits per heavy atom. The molecule has 7 heteroatoms. The SMILES string of the molecule is Cc1cc(Oc2[c-]c(N3[CH-]N(c4c(-c5ccccc5)cccc4-c4ccccc4)c4ccccc43)cc(C(C)(C)C)c2)[c-]c2c1c1cc3oc4ccccc4c3cc1n1c3ccccc3nc21.[Pt]. The molecule has 4 heterocycles. The van der Waals surface area contributed by atoms with Crippen molar-refractivity contribution in [2.75, 3.05) is 9.80 Å². The Hall–Kier alpha value is -7.66. The van der Waals surface area contributed by atoms with Gasteiger partial charge in [0, 0.05) is 77.0 Å². The summed E-state index contributed by atoms with van der Waals surface area (Å²) in [7, 11) is 0. The van der Waals surface area contributed by atoms with E-state index < -0.39 is 0 Å². The third-order valence-electron chi connectivity index (χ3n) is 13.3. The van der Waals surface area contributed by atoms with Crippen molar-refractivity contribution in [3.63, 3.8) is 0 Å². The average Bonchev–Trinajstić information content (AvgIpc) is 4.05. The number of ether oxygens (including phenoxy) is 1. The minimum Gasteiger partial charge on any atom is -0.503 e. The molecule has 0 atom stereocenters. The molecule has 0 fully saturated rings. The van der Waals surface area contributed by atoms with Crippen molar-refractivity contribution in [1.82, 2.24) is 9.38 Å². The van der Waals surface area contributed by atoms with E-state index >= 15 is 0 Å². The Morgan fingerprint density at radius 3 is 1.96 bits per heavy atom. The predicted molar refractivity (Wildman–Crippen MR) is 275 cm³/mol. The summed E-state index contributed by atoms with van der Waals surface area (Å²) < 4.78 is 15.7. The van der Waals surface area contributed by atoms with Crippen LogP contribution in [0.4, 0.5) is 22.7 Å². The van der Waals surface area contributed by atoms with Crippen LogP contribution in [-0.2, 0) is 26.5 Å². The number of aromatic nitrogens is 2. The van der Waals surface area contributed by atoms with E-state index in [1.54, 1.807) is 0 Å². The van der Waals surface area contributed by atoms with Crippen molar-refractivity contribution in [2.24, 2.45) is 0 Å². The van der Waals surface area contributed by atoms with Crippen LogP contribution in [0.5, 0.6) is 11.5 Å². The largest absolute Gasteiger partial charge is 0.503 e. The van der Waals surface area contributed by atoms with Crippen LogP contribution in [0.3, 0.4) is 0 Å². The molecule has 0 unspecified atom stereocenters. The normalized spacial score (nSPS) is 12.8. The second-order valence-corrected chi connectivity index (χ2v) is 18.5. The molecule has 0 amide bonds. The summed E-state index contributed by atoms with van der Waals surface area (Å²) in [6, 6.07) is 71.4. The summed E-state index contributed by atoms with van der Waals surface area (Å²) in [5.74, 6) is 1.19. The van der Waals surface area contributed by atoms with E-state index in [1.807, 2.05) is 18.2 Å². The van der Waals surface area contributed by atoms with Gasteiger partial charge >= 0.3 is 0 Å². The smallest absolute Gasteiger partial charge is 0.135 e. The first-order chi connectivity index (χ1) is 32.7. The zero-order valence-corrected chi connectivity index (χ0v) is 40.1. The molecule has 0 saturated heterocycles. The molecule has 0 N–H and O–H groups in total. The van der Waals surface area contributed by atoms with Crippen molar-refractivity contribution in [2.45, 2.75) is 33.1 Å². The van der Waals surface area contributed by atoms with Crippen LogP contribution in [0, 0.1) is 25.7 Å². The van der Waals surface area contributed by atoms with Gasteiger partial charge in [0.1, 0.15) is 11.2 Å². The van der Waals surface area contributed by atoms with E-state index in [1.165, 1.54) is 0 Å². The van der Waals surface area contributed by atoms with Gasteiger partial charge < -0.3 is 23.4 Å². The van der Waals surface area contributed by atoms with Gasteiger partial charge in [0.15, 0.2) is 0 Å². The van der Waals surface area contributed by atoms with Gasteiger partial charge in [-0.1, -0.05) is 172 Å². The number of anilines is 4. The standard InChI is InChI=1S/C61H43N4O2.Pt/c1-38-30-43(34-50-58(38)49-36-57-48(47-22-11-16-29-56(47)67-57)35-55(49)65-52-26-13-12-25-51(52)62-60(50)65)66-44-32-41(61(2,3)4)31-42(33-44)63-37-64(54-28-15-14-27-53(54)63)59-45(39-18-7-5-8-19-39)23-17-24-46(59)40-20-9-6-10-21-40;/h5-32,35-37H,1-4H3;/q-3;. The number of nitrogens with zero attached hydrogens (tertiary/aromatic N) is 4. The third kappa shape index (κ3) is 6.69. The number of benzene rings is 9. The van der Waals surface area contributed by atoms with Crippen molar-refractivity contribution in [1.29, 1.82) is 0 Å². The Balaban J connectivity index is 0.00000480. The maximum absolute atomic E-state index is 6.98. The number of hydrogen-bond acceptors (Lipinski definition) is 5. The molecule has 68 heavy (non-hydrogen) atoms. The van der Waals surface area contributed by atoms with Gasteiger partial charge in [-0.3, -0.25) is 4.98 Å². The topological polar surface area (TPSA) is 46.2 Å². The Bertz CT molecular complexity index is 3890. The van der Waals surface area contributed by atoms with Crippen molar-refractivity contribution < 1.29 is 30.2 Å². The van der Waals surface area contributed by atoms with Gasteiger partial charge in [-0.2, -0.15) is 0 Å². The van der Waals surface area contributed by atoms with Gasteiger partial charge in [0.05, 0.1) is 16.7 Å². The average molecular weight is 1060 g/mol. The van der Waals surface area contributed by atoms with Gasteiger partial charge in [-0.15, -0.1) is 41.7 Å². The molecular weight excluding hydrogens is 1020 g/mol. The molecule has 9 aromatic carbocycles. The van der Waals surface area contributed by atoms with Crippen LogP contribution in [0.15, 0.2) is 186 Å². The van der Waals surface area contributed by atoms with E-state index in [2.05, 4.69) is 224 Å². The first kappa shape index (κ1) is 41.7. The molecule has 13 rings (SSSR count). The van der Waals surface area contributed by atoms with Gasteiger partial charge in [0.25, 0.3) is 0 Å². The number of hydrogen-bond donors (Lipinski definition) is 0. The van der Waals surface area contributed by atoms with Gasteiger partial charge in [-0.05, 0) is 64.4 Å². The van der Waals surface area contributed by atoms with E-state index in [-0.39, 0.29) is 26.5 Å². The fourth-order valence-electron chi connectivity index (χ4n) is 10.1. The fraction of sp³-hybridized carbons (Fsp3) is 0.0820. The molecule has 6 nitrogen and oxygen atoms in total. The minimum atomic E-state index is -0.201. The van der Waals surface area contributed by atoms with E-state index in [4.69, 9.17) is 14.1 Å². The zero-order chi connectivity index (χ0) is 45.0. The molecular formula is C61H43N4O2Pt-3. The number of para-hydroxylation sites is 6. The summed E-state index contributed by atoms with van der Waals surface area (Å²) >= 11 is 0. The summed E-state index contributed by atoms with van der Waals surface area (Å²) in [6.45, 7) is 11.1.